The highest BCUT2D eigenvalue weighted by Gasteiger charge is 2.20. The number of hydrogen-bond donors (Lipinski definition) is 1. The molecule has 1 unspecified atom stereocenters. The van der Waals surface area contributed by atoms with Crippen LogP contribution in [-0.2, 0) is 0 Å². The normalized spacial score (nSPS) is 17.1. The second kappa shape index (κ2) is 5.87. The molecule has 1 aliphatic carbocycles. The van der Waals surface area contributed by atoms with Gasteiger partial charge in [0.05, 0.1) is 6.61 Å². The zero-order chi connectivity index (χ0) is 11.4. The summed E-state index contributed by atoms with van der Waals surface area (Å²) in [5, 5.41) is 3.52. The van der Waals surface area contributed by atoms with Gasteiger partial charge < -0.3 is 10.1 Å². The Balaban J connectivity index is 1.69. The molecule has 0 amide bonds. The first-order valence-electron chi connectivity index (χ1n) is 5.86. The largest absolute Gasteiger partial charge is 0.493 e. The monoisotopic (exact) mass is 331 g/mol. The van der Waals surface area contributed by atoms with Gasteiger partial charge in [-0.1, -0.05) is 13.0 Å². The van der Waals surface area contributed by atoms with Gasteiger partial charge in [0.2, 0.25) is 0 Å². The Hall–Kier alpha value is -0.290. The minimum absolute atomic E-state index is 0.568. The van der Waals surface area contributed by atoms with Crippen LogP contribution in [0.15, 0.2) is 24.3 Å². The zero-order valence-electron chi connectivity index (χ0n) is 9.58. The average molecular weight is 331 g/mol. The molecule has 16 heavy (non-hydrogen) atoms. The van der Waals surface area contributed by atoms with Crippen LogP contribution in [0, 0.1) is 9.49 Å². The fourth-order valence-corrected chi connectivity index (χ4v) is 2.02. The number of benzene rings is 1. The maximum Gasteiger partial charge on any atom is 0.120 e. The van der Waals surface area contributed by atoms with E-state index in [9.17, 15) is 0 Å². The topological polar surface area (TPSA) is 21.3 Å². The second-order valence-corrected chi connectivity index (χ2v) is 5.80. The lowest BCUT2D eigenvalue weighted by Gasteiger charge is -2.13. The van der Waals surface area contributed by atoms with Crippen LogP contribution in [0.5, 0.6) is 5.75 Å². The number of ether oxygens (including phenoxy) is 1. The highest BCUT2D eigenvalue weighted by atomic mass is 127. The minimum Gasteiger partial charge on any atom is -0.493 e. The molecule has 1 fully saturated rings. The van der Waals surface area contributed by atoms with Gasteiger partial charge in [0.1, 0.15) is 5.75 Å². The van der Waals surface area contributed by atoms with Crippen molar-refractivity contribution in [2.75, 3.05) is 13.2 Å². The Labute approximate surface area is 111 Å². The first-order valence-corrected chi connectivity index (χ1v) is 6.93. The van der Waals surface area contributed by atoms with Crippen LogP contribution in [-0.4, -0.2) is 19.2 Å². The van der Waals surface area contributed by atoms with Crippen LogP contribution in [0.25, 0.3) is 0 Å². The lowest BCUT2D eigenvalue weighted by molar-refractivity contribution is 0.255. The Bertz CT molecular complexity index is 338. The summed E-state index contributed by atoms with van der Waals surface area (Å²) in [6.07, 6.45) is 2.70. The summed E-state index contributed by atoms with van der Waals surface area (Å²) < 4.78 is 6.98. The van der Waals surface area contributed by atoms with E-state index in [4.69, 9.17) is 4.74 Å². The molecule has 0 radical (unpaired) electrons. The average Bonchev–Trinajstić information content (AvgIpc) is 3.07. The summed E-state index contributed by atoms with van der Waals surface area (Å²) >= 11 is 2.30. The van der Waals surface area contributed by atoms with Gasteiger partial charge in [-0.15, -0.1) is 0 Å². The summed E-state index contributed by atoms with van der Waals surface area (Å²) in [5.41, 5.74) is 0. The predicted molar refractivity (Wildman–Crippen MR) is 74.8 cm³/mol. The number of halogens is 1. The predicted octanol–water partition coefficient (Wildman–Crippen LogP) is 3.06. The number of nitrogens with one attached hydrogen (secondary N) is 1. The molecule has 3 heteroatoms. The van der Waals surface area contributed by atoms with E-state index in [0.29, 0.717) is 5.92 Å². The van der Waals surface area contributed by atoms with E-state index in [1.165, 1.54) is 16.4 Å². The molecule has 0 bridgehead atoms. The van der Waals surface area contributed by atoms with Gasteiger partial charge in [-0.05, 0) is 53.6 Å². The summed E-state index contributed by atoms with van der Waals surface area (Å²) in [5.74, 6) is 1.55. The molecule has 0 aromatic heterocycles. The van der Waals surface area contributed by atoms with Crippen LogP contribution >= 0.6 is 22.6 Å². The van der Waals surface area contributed by atoms with Crippen molar-refractivity contribution in [3.8, 4) is 5.75 Å². The molecule has 2 rings (SSSR count). The van der Waals surface area contributed by atoms with Gasteiger partial charge in [-0.2, -0.15) is 0 Å². The van der Waals surface area contributed by atoms with Crippen molar-refractivity contribution >= 4 is 22.6 Å². The smallest absolute Gasteiger partial charge is 0.120 e. The van der Waals surface area contributed by atoms with Crippen molar-refractivity contribution in [1.82, 2.24) is 5.32 Å². The summed E-state index contributed by atoms with van der Waals surface area (Å²) in [4.78, 5) is 0. The van der Waals surface area contributed by atoms with Crippen molar-refractivity contribution < 1.29 is 4.74 Å². The molecule has 1 aromatic rings. The molecule has 0 saturated heterocycles. The van der Waals surface area contributed by atoms with Crippen molar-refractivity contribution in [1.29, 1.82) is 0 Å². The minimum atomic E-state index is 0.568. The lowest BCUT2D eigenvalue weighted by Crippen LogP contribution is -2.26. The maximum atomic E-state index is 5.76. The Morgan fingerprint density at radius 2 is 2.31 bits per heavy atom. The van der Waals surface area contributed by atoms with Crippen LogP contribution < -0.4 is 10.1 Å². The van der Waals surface area contributed by atoms with E-state index < -0.39 is 0 Å². The van der Waals surface area contributed by atoms with E-state index in [-0.39, 0.29) is 0 Å². The first kappa shape index (κ1) is 12.2. The summed E-state index contributed by atoms with van der Waals surface area (Å²) in [6, 6.07) is 8.99. The van der Waals surface area contributed by atoms with Crippen molar-refractivity contribution in [3.63, 3.8) is 0 Å². The van der Waals surface area contributed by atoms with Crippen molar-refractivity contribution in [3.05, 3.63) is 27.8 Å². The van der Waals surface area contributed by atoms with E-state index in [0.717, 1.165) is 24.9 Å². The van der Waals surface area contributed by atoms with Gasteiger partial charge in [0.25, 0.3) is 0 Å². The summed E-state index contributed by atoms with van der Waals surface area (Å²) in [6.45, 7) is 4.08. The van der Waals surface area contributed by atoms with Crippen LogP contribution in [0.2, 0.25) is 0 Å². The standard InChI is InChI=1S/C13H18INO/c1-10(8-15-12-5-6-12)9-16-13-4-2-3-11(14)7-13/h2-4,7,10,12,15H,5-6,8-9H2,1H3. The van der Waals surface area contributed by atoms with Gasteiger partial charge in [-0.3, -0.25) is 0 Å². The molecule has 0 spiro atoms. The van der Waals surface area contributed by atoms with E-state index in [1.807, 2.05) is 12.1 Å². The Kier molecular flexibility index (Phi) is 4.46. The fourth-order valence-electron chi connectivity index (χ4n) is 1.51. The van der Waals surface area contributed by atoms with E-state index >= 15 is 0 Å². The fraction of sp³-hybridized carbons (Fsp3) is 0.538. The highest BCUT2D eigenvalue weighted by Crippen LogP contribution is 2.19. The molecule has 1 N–H and O–H groups in total. The lowest BCUT2D eigenvalue weighted by atomic mass is 10.2. The second-order valence-electron chi connectivity index (χ2n) is 4.56. The van der Waals surface area contributed by atoms with Gasteiger partial charge in [0, 0.05) is 22.1 Å². The molecular weight excluding hydrogens is 313 g/mol. The van der Waals surface area contributed by atoms with Crippen LogP contribution in [0.1, 0.15) is 19.8 Å². The highest BCUT2D eigenvalue weighted by molar-refractivity contribution is 14.1. The van der Waals surface area contributed by atoms with Crippen LogP contribution in [0.4, 0.5) is 0 Å². The Morgan fingerprint density at radius 3 is 3.00 bits per heavy atom. The third-order valence-corrected chi connectivity index (χ3v) is 3.33. The van der Waals surface area contributed by atoms with Crippen molar-refractivity contribution in [2.45, 2.75) is 25.8 Å². The molecular formula is C13H18INO. The molecule has 88 valence electrons. The zero-order valence-corrected chi connectivity index (χ0v) is 11.7. The van der Waals surface area contributed by atoms with Gasteiger partial charge in [0.15, 0.2) is 0 Å². The molecule has 1 aliphatic rings. The van der Waals surface area contributed by atoms with Crippen molar-refractivity contribution in [2.24, 2.45) is 5.92 Å². The molecule has 1 aromatic carbocycles. The maximum absolute atomic E-state index is 5.76. The first-order chi connectivity index (χ1) is 7.74. The third-order valence-electron chi connectivity index (χ3n) is 2.66. The third kappa shape index (κ3) is 4.29. The molecule has 2 nitrogen and oxygen atoms in total. The van der Waals surface area contributed by atoms with Gasteiger partial charge >= 0.3 is 0 Å². The summed E-state index contributed by atoms with van der Waals surface area (Å²) in [7, 11) is 0. The molecule has 1 atom stereocenters. The molecule has 0 heterocycles. The SMILES string of the molecule is CC(CNC1CC1)COc1cccc(I)c1. The molecule has 0 aliphatic heterocycles. The molecule has 1 saturated carbocycles. The van der Waals surface area contributed by atoms with Gasteiger partial charge in [-0.25, -0.2) is 0 Å². The van der Waals surface area contributed by atoms with E-state index in [2.05, 4.69) is 47.0 Å². The Morgan fingerprint density at radius 1 is 1.50 bits per heavy atom. The quantitative estimate of drug-likeness (QED) is 0.809. The number of rotatable bonds is 6. The van der Waals surface area contributed by atoms with E-state index in [1.54, 1.807) is 0 Å². The van der Waals surface area contributed by atoms with Crippen LogP contribution in [0.3, 0.4) is 0 Å². The number of hydrogen-bond acceptors (Lipinski definition) is 2.